The zero-order valence-electron chi connectivity index (χ0n) is 14.7. The van der Waals surface area contributed by atoms with Crippen LogP contribution in [0.3, 0.4) is 0 Å². The predicted octanol–water partition coefficient (Wildman–Crippen LogP) is 6.07. The summed E-state index contributed by atoms with van der Waals surface area (Å²) in [5.74, 6) is 1.01. The smallest absolute Gasteiger partial charge is 0.270 e. The summed E-state index contributed by atoms with van der Waals surface area (Å²) in [6, 6.07) is 25.7. The number of nitrogens with zero attached hydrogens (tertiary/aromatic N) is 2. The third-order valence-electron chi connectivity index (χ3n) is 4.46. The fourth-order valence-corrected chi connectivity index (χ4v) is 3.13. The number of hydrogen-bond acceptors (Lipinski definition) is 4. The highest BCUT2D eigenvalue weighted by Gasteiger charge is 2.11. The van der Waals surface area contributed by atoms with Crippen molar-refractivity contribution in [3.8, 4) is 17.4 Å². The SMILES string of the molecule is N#C/C(=C/c1ccc(-c2cccc([N+](=O)[O-])c2)o1)c1cccc2ccccc12. The van der Waals surface area contributed by atoms with Gasteiger partial charge in [-0.2, -0.15) is 5.26 Å². The molecule has 4 rings (SSSR count). The lowest BCUT2D eigenvalue weighted by Gasteiger charge is -2.04. The Bertz CT molecular complexity index is 1260. The molecule has 134 valence electrons. The van der Waals surface area contributed by atoms with Gasteiger partial charge in [0, 0.05) is 23.3 Å². The highest BCUT2D eigenvalue weighted by molar-refractivity contribution is 6.01. The lowest BCUT2D eigenvalue weighted by atomic mass is 9.98. The van der Waals surface area contributed by atoms with Gasteiger partial charge < -0.3 is 4.42 Å². The van der Waals surface area contributed by atoms with Gasteiger partial charge >= 0.3 is 0 Å². The highest BCUT2D eigenvalue weighted by atomic mass is 16.6. The molecule has 0 unspecified atom stereocenters. The molecule has 0 N–H and O–H groups in total. The number of allylic oxidation sites excluding steroid dienone is 1. The average Bonchev–Trinajstić information content (AvgIpc) is 3.20. The second-order valence-electron chi connectivity index (χ2n) is 6.21. The van der Waals surface area contributed by atoms with Crippen LogP contribution in [0.4, 0.5) is 5.69 Å². The van der Waals surface area contributed by atoms with Gasteiger partial charge in [-0.15, -0.1) is 0 Å². The molecule has 4 aromatic rings. The number of benzene rings is 3. The minimum Gasteiger partial charge on any atom is -0.457 e. The van der Waals surface area contributed by atoms with E-state index in [1.165, 1.54) is 12.1 Å². The van der Waals surface area contributed by atoms with Crippen LogP contribution < -0.4 is 0 Å². The van der Waals surface area contributed by atoms with E-state index in [-0.39, 0.29) is 5.69 Å². The lowest BCUT2D eigenvalue weighted by Crippen LogP contribution is -1.87. The minimum absolute atomic E-state index is 0.000499. The lowest BCUT2D eigenvalue weighted by molar-refractivity contribution is -0.384. The van der Waals surface area contributed by atoms with E-state index in [0.29, 0.717) is 22.7 Å². The van der Waals surface area contributed by atoms with Crippen molar-refractivity contribution in [2.24, 2.45) is 0 Å². The summed E-state index contributed by atoms with van der Waals surface area (Å²) in [5, 5.41) is 22.7. The maximum Gasteiger partial charge on any atom is 0.270 e. The first-order chi connectivity index (χ1) is 13.7. The highest BCUT2D eigenvalue weighted by Crippen LogP contribution is 2.29. The number of furan rings is 1. The summed E-state index contributed by atoms with van der Waals surface area (Å²) in [6.45, 7) is 0. The van der Waals surface area contributed by atoms with Crippen molar-refractivity contribution in [3.05, 3.63) is 100 Å². The summed E-state index contributed by atoms with van der Waals surface area (Å²) in [4.78, 5) is 10.5. The first-order valence-electron chi connectivity index (χ1n) is 8.60. The topological polar surface area (TPSA) is 80.1 Å². The minimum atomic E-state index is -0.443. The van der Waals surface area contributed by atoms with E-state index >= 15 is 0 Å². The predicted molar refractivity (Wildman–Crippen MR) is 108 cm³/mol. The largest absolute Gasteiger partial charge is 0.457 e. The molecule has 0 bridgehead atoms. The molecule has 0 amide bonds. The van der Waals surface area contributed by atoms with Crippen molar-refractivity contribution in [3.63, 3.8) is 0 Å². The van der Waals surface area contributed by atoms with Crippen molar-refractivity contribution in [1.82, 2.24) is 0 Å². The van der Waals surface area contributed by atoms with Gasteiger partial charge in [-0.25, -0.2) is 0 Å². The van der Waals surface area contributed by atoms with Crippen molar-refractivity contribution in [1.29, 1.82) is 5.26 Å². The number of fused-ring (bicyclic) bond motifs is 1. The van der Waals surface area contributed by atoms with Gasteiger partial charge in [-0.1, -0.05) is 54.6 Å². The molecule has 1 heterocycles. The number of non-ortho nitro benzene ring substituents is 1. The molecule has 28 heavy (non-hydrogen) atoms. The fourth-order valence-electron chi connectivity index (χ4n) is 3.13. The van der Waals surface area contributed by atoms with Crippen LogP contribution in [-0.4, -0.2) is 4.92 Å². The molecule has 0 spiro atoms. The number of nitro groups is 1. The quantitative estimate of drug-likeness (QED) is 0.249. The zero-order valence-corrected chi connectivity index (χ0v) is 14.7. The van der Waals surface area contributed by atoms with Gasteiger partial charge in [0.15, 0.2) is 0 Å². The maximum absolute atomic E-state index is 11.0. The first-order valence-corrected chi connectivity index (χ1v) is 8.60. The van der Waals surface area contributed by atoms with E-state index in [1.807, 2.05) is 42.5 Å². The van der Waals surface area contributed by atoms with E-state index in [0.717, 1.165) is 16.3 Å². The summed E-state index contributed by atoms with van der Waals surface area (Å²) in [7, 11) is 0. The van der Waals surface area contributed by atoms with E-state index in [1.54, 1.807) is 30.3 Å². The molecule has 1 aromatic heterocycles. The van der Waals surface area contributed by atoms with Crippen LogP contribution in [0, 0.1) is 21.4 Å². The number of nitriles is 1. The van der Waals surface area contributed by atoms with Crippen LogP contribution in [-0.2, 0) is 0 Å². The summed E-state index contributed by atoms with van der Waals surface area (Å²) < 4.78 is 5.82. The van der Waals surface area contributed by atoms with Gasteiger partial charge in [0.1, 0.15) is 11.5 Å². The van der Waals surface area contributed by atoms with Gasteiger partial charge in [0.25, 0.3) is 5.69 Å². The van der Waals surface area contributed by atoms with Gasteiger partial charge in [-0.3, -0.25) is 10.1 Å². The van der Waals surface area contributed by atoms with E-state index in [2.05, 4.69) is 6.07 Å². The van der Waals surface area contributed by atoms with E-state index < -0.39 is 4.92 Å². The molecular formula is C23H14N2O3. The molecule has 3 aromatic carbocycles. The van der Waals surface area contributed by atoms with Crippen LogP contribution in [0.25, 0.3) is 33.7 Å². The van der Waals surface area contributed by atoms with Crippen molar-refractivity contribution >= 4 is 28.1 Å². The Hall–Kier alpha value is -4.17. The summed E-state index contributed by atoms with van der Waals surface area (Å²) in [6.07, 6.45) is 1.68. The molecule has 0 fully saturated rings. The second-order valence-corrected chi connectivity index (χ2v) is 6.21. The van der Waals surface area contributed by atoms with Crippen LogP contribution >= 0.6 is 0 Å². The molecule has 0 saturated carbocycles. The maximum atomic E-state index is 11.0. The Morgan fingerprint density at radius 3 is 2.61 bits per heavy atom. The Morgan fingerprint density at radius 2 is 1.79 bits per heavy atom. The molecule has 5 nitrogen and oxygen atoms in total. The van der Waals surface area contributed by atoms with Crippen LogP contribution in [0.2, 0.25) is 0 Å². The van der Waals surface area contributed by atoms with Crippen molar-refractivity contribution < 1.29 is 9.34 Å². The van der Waals surface area contributed by atoms with Crippen LogP contribution in [0.15, 0.2) is 83.3 Å². The van der Waals surface area contributed by atoms with Gasteiger partial charge in [0.2, 0.25) is 0 Å². The standard InChI is InChI=1S/C23H14N2O3/c24-15-18(22-10-4-6-16-5-1-2-9-21(16)22)14-20-11-12-23(28-20)17-7-3-8-19(13-17)25(26)27/h1-14H/b18-14-. The second kappa shape index (κ2) is 7.22. The Morgan fingerprint density at radius 1 is 1.00 bits per heavy atom. The van der Waals surface area contributed by atoms with Crippen molar-refractivity contribution in [2.45, 2.75) is 0 Å². The van der Waals surface area contributed by atoms with Crippen LogP contribution in [0.5, 0.6) is 0 Å². The fraction of sp³-hybridized carbons (Fsp3) is 0. The monoisotopic (exact) mass is 366 g/mol. The number of hydrogen-bond donors (Lipinski definition) is 0. The van der Waals surface area contributed by atoms with E-state index in [9.17, 15) is 15.4 Å². The molecule has 0 aliphatic rings. The van der Waals surface area contributed by atoms with Crippen LogP contribution in [0.1, 0.15) is 11.3 Å². The molecule has 0 aliphatic heterocycles. The van der Waals surface area contributed by atoms with E-state index in [4.69, 9.17) is 4.42 Å². The molecule has 0 atom stereocenters. The molecule has 0 radical (unpaired) electrons. The molecular weight excluding hydrogens is 352 g/mol. The first kappa shape index (κ1) is 17.3. The molecule has 0 saturated heterocycles. The normalized spacial score (nSPS) is 11.3. The summed E-state index contributed by atoms with van der Waals surface area (Å²) >= 11 is 0. The summed E-state index contributed by atoms with van der Waals surface area (Å²) in [5.41, 5.74) is 1.92. The Balaban J connectivity index is 1.74. The zero-order chi connectivity index (χ0) is 19.5. The number of nitro benzene ring substituents is 1. The third-order valence-corrected chi connectivity index (χ3v) is 4.46. The average molecular weight is 366 g/mol. The van der Waals surface area contributed by atoms with Crippen molar-refractivity contribution in [2.75, 3.05) is 0 Å². The Labute approximate surface area is 160 Å². The molecule has 0 aliphatic carbocycles. The number of rotatable bonds is 4. The third kappa shape index (κ3) is 3.27. The van der Waals surface area contributed by atoms with Gasteiger partial charge in [-0.05, 0) is 29.0 Å². The Kier molecular flexibility index (Phi) is 4.45. The molecule has 5 heteroatoms. The van der Waals surface area contributed by atoms with Gasteiger partial charge in [0.05, 0.1) is 16.6 Å².